The summed E-state index contributed by atoms with van der Waals surface area (Å²) in [5, 5.41) is 16.1. The van der Waals surface area contributed by atoms with Crippen LogP contribution in [0, 0.1) is 10.1 Å². The Balaban J connectivity index is 1.89. The number of hydrogen-bond acceptors (Lipinski definition) is 5. The van der Waals surface area contributed by atoms with Crippen LogP contribution in [0.25, 0.3) is 10.6 Å². The van der Waals surface area contributed by atoms with Gasteiger partial charge in [-0.2, -0.15) is 0 Å². The molecule has 0 bridgehead atoms. The monoisotopic (exact) mass is 427 g/mol. The zero-order chi connectivity index (χ0) is 19.5. The van der Waals surface area contributed by atoms with Gasteiger partial charge in [0.2, 0.25) is 0 Å². The lowest BCUT2D eigenvalue weighted by atomic mass is 10.2. The molecule has 140 valence electrons. The number of nitro benzene ring substituents is 1. The molecule has 2 aromatic carbocycles. The van der Waals surface area contributed by atoms with Crippen molar-refractivity contribution in [3.05, 3.63) is 96.9 Å². The second-order valence-corrected chi connectivity index (χ2v) is 8.11. The van der Waals surface area contributed by atoms with Crippen LogP contribution in [0.3, 0.4) is 0 Å². The van der Waals surface area contributed by atoms with E-state index in [4.69, 9.17) is 11.6 Å². The first-order valence-electron chi connectivity index (χ1n) is 8.37. The first kappa shape index (κ1) is 18.6. The third kappa shape index (κ3) is 3.77. The molecule has 0 aliphatic carbocycles. The van der Waals surface area contributed by atoms with Gasteiger partial charge in [0, 0.05) is 16.5 Å². The molecule has 0 unspecified atom stereocenters. The summed E-state index contributed by atoms with van der Waals surface area (Å²) in [4.78, 5) is 17.3. The molecule has 2 heterocycles. The predicted octanol–water partition coefficient (Wildman–Crippen LogP) is 6.12. The fraction of sp³-hybridized carbons (Fsp3) is 0.0500. The zero-order valence-electron chi connectivity index (χ0n) is 14.5. The van der Waals surface area contributed by atoms with Crippen molar-refractivity contribution in [2.45, 2.75) is 6.54 Å². The van der Waals surface area contributed by atoms with Crippen LogP contribution in [0.4, 0.5) is 11.4 Å². The summed E-state index contributed by atoms with van der Waals surface area (Å²) >= 11 is 9.46. The van der Waals surface area contributed by atoms with Gasteiger partial charge in [0.15, 0.2) is 4.80 Å². The van der Waals surface area contributed by atoms with Gasteiger partial charge in [0.1, 0.15) is 5.69 Å². The lowest BCUT2D eigenvalue weighted by Crippen LogP contribution is -2.16. The molecule has 0 radical (unpaired) electrons. The molecule has 4 aromatic rings. The van der Waals surface area contributed by atoms with E-state index in [1.54, 1.807) is 29.5 Å². The normalized spacial score (nSPS) is 11.7. The van der Waals surface area contributed by atoms with E-state index in [1.807, 2.05) is 47.2 Å². The molecule has 0 N–H and O–H groups in total. The lowest BCUT2D eigenvalue weighted by Gasteiger charge is -2.09. The molecule has 8 heteroatoms. The zero-order valence-corrected chi connectivity index (χ0v) is 16.9. The predicted molar refractivity (Wildman–Crippen MR) is 114 cm³/mol. The van der Waals surface area contributed by atoms with Gasteiger partial charge in [-0.15, -0.1) is 22.7 Å². The maximum absolute atomic E-state index is 11.4. The van der Waals surface area contributed by atoms with Crippen LogP contribution in [0.15, 0.2) is 76.4 Å². The quantitative estimate of drug-likeness (QED) is 0.284. The Bertz CT molecular complexity index is 1200. The Hall–Kier alpha value is -2.74. The maximum Gasteiger partial charge on any atom is 0.294 e. The van der Waals surface area contributed by atoms with E-state index < -0.39 is 4.92 Å². The van der Waals surface area contributed by atoms with Gasteiger partial charge >= 0.3 is 0 Å². The Morgan fingerprint density at radius 3 is 2.57 bits per heavy atom. The van der Waals surface area contributed by atoms with E-state index in [0.29, 0.717) is 22.1 Å². The van der Waals surface area contributed by atoms with Crippen molar-refractivity contribution in [2.75, 3.05) is 0 Å². The second kappa shape index (κ2) is 8.10. The van der Waals surface area contributed by atoms with Crippen LogP contribution in [0.5, 0.6) is 0 Å². The number of nitro groups is 1. The fourth-order valence-corrected chi connectivity index (χ4v) is 4.74. The number of thiophene rings is 1. The first-order chi connectivity index (χ1) is 13.6. The van der Waals surface area contributed by atoms with Crippen LogP contribution in [0.2, 0.25) is 5.02 Å². The van der Waals surface area contributed by atoms with Crippen LogP contribution < -0.4 is 4.80 Å². The van der Waals surface area contributed by atoms with Crippen molar-refractivity contribution in [3.8, 4) is 10.6 Å². The average molecular weight is 428 g/mol. The molecule has 0 fully saturated rings. The molecule has 5 nitrogen and oxygen atoms in total. The van der Waals surface area contributed by atoms with Gasteiger partial charge in [0.05, 0.1) is 22.0 Å². The lowest BCUT2D eigenvalue weighted by molar-refractivity contribution is -0.384. The number of hydrogen-bond donors (Lipinski definition) is 0. The second-order valence-electron chi connectivity index (χ2n) is 5.92. The summed E-state index contributed by atoms with van der Waals surface area (Å²) in [5.74, 6) is 0. The Kier molecular flexibility index (Phi) is 5.38. The van der Waals surface area contributed by atoms with Gasteiger partial charge in [-0.25, -0.2) is 4.99 Å². The number of halogens is 1. The topological polar surface area (TPSA) is 60.4 Å². The van der Waals surface area contributed by atoms with Crippen molar-refractivity contribution in [1.82, 2.24) is 4.57 Å². The Morgan fingerprint density at radius 1 is 1.04 bits per heavy atom. The average Bonchev–Trinajstić information content (AvgIpc) is 3.34. The minimum atomic E-state index is -0.412. The van der Waals surface area contributed by atoms with Crippen molar-refractivity contribution < 1.29 is 4.92 Å². The molecular weight excluding hydrogens is 414 g/mol. The standard InChI is InChI=1S/C20H14ClN3O2S2/c21-15-7-2-1-6-14(15)12-23-18(19-10-5-11-27-19)13-28-20(23)22-16-8-3-4-9-17(16)24(25)26/h1-11,13H,12H2. The molecule has 2 aromatic heterocycles. The molecule has 28 heavy (non-hydrogen) atoms. The van der Waals surface area contributed by atoms with Crippen LogP contribution >= 0.6 is 34.3 Å². The summed E-state index contributed by atoms with van der Waals surface area (Å²) in [6.45, 7) is 0.524. The largest absolute Gasteiger partial charge is 0.311 e. The summed E-state index contributed by atoms with van der Waals surface area (Å²) in [6.07, 6.45) is 0. The van der Waals surface area contributed by atoms with Crippen molar-refractivity contribution in [3.63, 3.8) is 0 Å². The fourth-order valence-electron chi connectivity index (χ4n) is 2.81. The highest BCUT2D eigenvalue weighted by Crippen LogP contribution is 2.29. The number of nitrogens with zero attached hydrogens (tertiary/aromatic N) is 3. The molecule has 0 saturated carbocycles. The summed E-state index contributed by atoms with van der Waals surface area (Å²) in [7, 11) is 0. The molecule has 0 atom stereocenters. The van der Waals surface area contributed by atoms with Gasteiger partial charge in [-0.05, 0) is 29.1 Å². The molecule has 0 aliphatic heterocycles. The van der Waals surface area contributed by atoms with Crippen LogP contribution in [-0.2, 0) is 6.54 Å². The van der Waals surface area contributed by atoms with E-state index in [2.05, 4.69) is 9.56 Å². The highest BCUT2D eigenvalue weighted by atomic mass is 35.5. The molecule has 4 rings (SSSR count). The van der Waals surface area contributed by atoms with Crippen molar-refractivity contribution >= 4 is 45.6 Å². The van der Waals surface area contributed by atoms with E-state index in [-0.39, 0.29) is 5.69 Å². The third-order valence-corrected chi connectivity index (χ3v) is 6.28. The Morgan fingerprint density at radius 2 is 1.82 bits per heavy atom. The molecule has 0 aliphatic rings. The van der Waals surface area contributed by atoms with Gasteiger partial charge in [-0.3, -0.25) is 10.1 Å². The highest BCUT2D eigenvalue weighted by Gasteiger charge is 2.14. The minimum Gasteiger partial charge on any atom is -0.311 e. The highest BCUT2D eigenvalue weighted by molar-refractivity contribution is 7.14. The van der Waals surface area contributed by atoms with E-state index in [0.717, 1.165) is 16.1 Å². The van der Waals surface area contributed by atoms with Crippen LogP contribution in [0.1, 0.15) is 5.56 Å². The summed E-state index contributed by atoms with van der Waals surface area (Å²) in [5.41, 5.74) is 2.29. The first-order valence-corrected chi connectivity index (χ1v) is 10.5. The smallest absolute Gasteiger partial charge is 0.294 e. The van der Waals surface area contributed by atoms with E-state index >= 15 is 0 Å². The Labute approximate surface area is 174 Å². The van der Waals surface area contributed by atoms with Crippen LogP contribution in [-0.4, -0.2) is 9.49 Å². The number of aromatic nitrogens is 1. The maximum atomic E-state index is 11.4. The van der Waals surface area contributed by atoms with Gasteiger partial charge in [0.25, 0.3) is 5.69 Å². The van der Waals surface area contributed by atoms with E-state index in [1.165, 1.54) is 17.4 Å². The number of benzene rings is 2. The summed E-state index contributed by atoms with van der Waals surface area (Å²) < 4.78 is 2.05. The van der Waals surface area contributed by atoms with E-state index in [9.17, 15) is 10.1 Å². The van der Waals surface area contributed by atoms with Gasteiger partial charge in [-0.1, -0.05) is 48.0 Å². The molecule has 0 amide bonds. The number of thiazole rings is 1. The molecular formula is C20H14ClN3O2S2. The number of rotatable bonds is 5. The molecule has 0 saturated heterocycles. The summed E-state index contributed by atoms with van der Waals surface area (Å²) in [6, 6.07) is 18.2. The van der Waals surface area contributed by atoms with Gasteiger partial charge < -0.3 is 4.57 Å². The minimum absolute atomic E-state index is 0.0159. The SMILES string of the molecule is O=[N+]([O-])c1ccccc1N=c1scc(-c2cccs2)n1Cc1ccccc1Cl. The number of para-hydroxylation sites is 2. The molecule has 0 spiro atoms. The third-order valence-electron chi connectivity index (χ3n) is 4.15. The van der Waals surface area contributed by atoms with Crippen molar-refractivity contribution in [1.29, 1.82) is 0 Å². The van der Waals surface area contributed by atoms with Crippen molar-refractivity contribution in [2.24, 2.45) is 4.99 Å².